The predicted octanol–water partition coefficient (Wildman–Crippen LogP) is 7.41. The molecular formula is C31H20O. The SMILES string of the molecule is OC1(c2ccc3ccccc3c2)c2cc3ccccc3cc2-c2c1ccc1ccccc21. The van der Waals surface area contributed by atoms with Crippen molar-refractivity contribution in [3.63, 3.8) is 0 Å². The fourth-order valence-electron chi connectivity index (χ4n) is 5.48. The lowest BCUT2D eigenvalue weighted by atomic mass is 9.82. The van der Waals surface area contributed by atoms with Gasteiger partial charge in [-0.2, -0.15) is 0 Å². The zero-order chi connectivity index (χ0) is 21.3. The number of hydrogen-bond acceptors (Lipinski definition) is 1. The van der Waals surface area contributed by atoms with Gasteiger partial charge in [0.1, 0.15) is 5.60 Å². The second-order valence-corrected chi connectivity index (χ2v) is 8.73. The highest BCUT2D eigenvalue weighted by molar-refractivity contribution is 6.05. The largest absolute Gasteiger partial charge is 0.376 e. The summed E-state index contributed by atoms with van der Waals surface area (Å²) in [4.78, 5) is 0. The maximum absolute atomic E-state index is 12.5. The van der Waals surface area contributed by atoms with Crippen LogP contribution in [0.15, 0.2) is 115 Å². The normalized spacial score (nSPS) is 17.0. The van der Waals surface area contributed by atoms with Crippen molar-refractivity contribution in [3.05, 3.63) is 132 Å². The first-order valence-corrected chi connectivity index (χ1v) is 11.0. The van der Waals surface area contributed by atoms with Crippen molar-refractivity contribution in [2.45, 2.75) is 5.60 Å². The van der Waals surface area contributed by atoms with E-state index >= 15 is 0 Å². The Morgan fingerprint density at radius 1 is 0.469 bits per heavy atom. The van der Waals surface area contributed by atoms with Crippen LogP contribution in [0.1, 0.15) is 16.7 Å². The average Bonchev–Trinajstić information content (AvgIpc) is 3.11. The third kappa shape index (κ3) is 2.26. The third-order valence-corrected chi connectivity index (χ3v) is 7.03. The molecule has 6 aromatic rings. The molecule has 1 aliphatic rings. The van der Waals surface area contributed by atoms with E-state index in [-0.39, 0.29) is 0 Å². The van der Waals surface area contributed by atoms with Gasteiger partial charge in [0.25, 0.3) is 0 Å². The molecule has 32 heavy (non-hydrogen) atoms. The second-order valence-electron chi connectivity index (χ2n) is 8.73. The molecule has 0 aromatic heterocycles. The lowest BCUT2D eigenvalue weighted by molar-refractivity contribution is 0.131. The van der Waals surface area contributed by atoms with Crippen molar-refractivity contribution >= 4 is 32.3 Å². The van der Waals surface area contributed by atoms with Gasteiger partial charge in [-0.1, -0.05) is 97.1 Å². The van der Waals surface area contributed by atoms with Crippen LogP contribution in [-0.2, 0) is 5.60 Å². The molecule has 1 unspecified atom stereocenters. The van der Waals surface area contributed by atoms with Crippen molar-refractivity contribution in [3.8, 4) is 11.1 Å². The van der Waals surface area contributed by atoms with E-state index in [4.69, 9.17) is 0 Å². The number of aliphatic hydroxyl groups is 1. The van der Waals surface area contributed by atoms with Crippen molar-refractivity contribution in [1.82, 2.24) is 0 Å². The number of fused-ring (bicyclic) bond motifs is 7. The van der Waals surface area contributed by atoms with Crippen molar-refractivity contribution in [1.29, 1.82) is 0 Å². The van der Waals surface area contributed by atoms with Crippen LogP contribution >= 0.6 is 0 Å². The van der Waals surface area contributed by atoms with Gasteiger partial charge in [-0.15, -0.1) is 0 Å². The first kappa shape index (κ1) is 17.7. The summed E-state index contributed by atoms with van der Waals surface area (Å²) in [5, 5.41) is 19.6. The van der Waals surface area contributed by atoms with Gasteiger partial charge >= 0.3 is 0 Å². The van der Waals surface area contributed by atoms with E-state index in [2.05, 4.69) is 109 Å². The molecule has 0 bridgehead atoms. The molecule has 150 valence electrons. The molecular weight excluding hydrogens is 388 g/mol. The molecule has 0 fully saturated rings. The molecule has 0 spiro atoms. The van der Waals surface area contributed by atoms with Gasteiger partial charge in [-0.05, 0) is 67.2 Å². The summed E-state index contributed by atoms with van der Waals surface area (Å²) < 4.78 is 0. The number of benzene rings is 6. The molecule has 6 aromatic carbocycles. The lowest BCUT2D eigenvalue weighted by Gasteiger charge is -2.27. The molecule has 1 nitrogen and oxygen atoms in total. The van der Waals surface area contributed by atoms with E-state index < -0.39 is 5.60 Å². The van der Waals surface area contributed by atoms with Gasteiger partial charge in [0.15, 0.2) is 0 Å². The predicted molar refractivity (Wildman–Crippen MR) is 133 cm³/mol. The van der Waals surface area contributed by atoms with Gasteiger partial charge < -0.3 is 5.11 Å². The Labute approximate surface area is 186 Å². The first-order valence-electron chi connectivity index (χ1n) is 11.0. The Hall–Kier alpha value is -3.94. The van der Waals surface area contributed by atoms with Gasteiger partial charge in [-0.3, -0.25) is 0 Å². The smallest absolute Gasteiger partial charge is 0.141 e. The van der Waals surface area contributed by atoms with Crippen LogP contribution < -0.4 is 0 Å². The van der Waals surface area contributed by atoms with Crippen LogP contribution in [0.5, 0.6) is 0 Å². The third-order valence-electron chi connectivity index (χ3n) is 7.03. The zero-order valence-electron chi connectivity index (χ0n) is 17.4. The molecule has 1 atom stereocenters. The maximum Gasteiger partial charge on any atom is 0.141 e. The van der Waals surface area contributed by atoms with Crippen molar-refractivity contribution < 1.29 is 5.11 Å². The van der Waals surface area contributed by atoms with Crippen LogP contribution in [0.3, 0.4) is 0 Å². The lowest BCUT2D eigenvalue weighted by Crippen LogP contribution is -2.26. The fourth-order valence-corrected chi connectivity index (χ4v) is 5.48. The van der Waals surface area contributed by atoms with Crippen molar-refractivity contribution in [2.75, 3.05) is 0 Å². The maximum atomic E-state index is 12.5. The second kappa shape index (κ2) is 6.29. The summed E-state index contributed by atoms with van der Waals surface area (Å²) >= 11 is 0. The van der Waals surface area contributed by atoms with E-state index in [0.29, 0.717) is 0 Å². The topological polar surface area (TPSA) is 20.2 Å². The summed E-state index contributed by atoms with van der Waals surface area (Å²) in [5.74, 6) is 0. The summed E-state index contributed by atoms with van der Waals surface area (Å²) in [6, 6.07) is 40.2. The zero-order valence-corrected chi connectivity index (χ0v) is 17.4. The molecule has 1 heteroatoms. The highest BCUT2D eigenvalue weighted by Gasteiger charge is 2.44. The summed E-state index contributed by atoms with van der Waals surface area (Å²) in [6.07, 6.45) is 0. The van der Waals surface area contributed by atoms with E-state index in [1.54, 1.807) is 0 Å². The van der Waals surface area contributed by atoms with Gasteiger partial charge in [0.05, 0.1) is 0 Å². The highest BCUT2D eigenvalue weighted by Crippen LogP contribution is 2.54. The van der Waals surface area contributed by atoms with Crippen molar-refractivity contribution in [2.24, 2.45) is 0 Å². The minimum atomic E-state index is -1.21. The molecule has 0 saturated carbocycles. The minimum Gasteiger partial charge on any atom is -0.376 e. The molecule has 1 N–H and O–H groups in total. The van der Waals surface area contributed by atoms with Crippen LogP contribution in [0.2, 0.25) is 0 Å². The molecule has 0 aliphatic heterocycles. The van der Waals surface area contributed by atoms with Gasteiger partial charge in [0.2, 0.25) is 0 Å². The van der Waals surface area contributed by atoms with Gasteiger partial charge in [0, 0.05) is 11.1 Å². The molecule has 7 rings (SSSR count). The number of hydrogen-bond donors (Lipinski definition) is 1. The van der Waals surface area contributed by atoms with E-state index in [9.17, 15) is 5.11 Å². The summed E-state index contributed by atoms with van der Waals surface area (Å²) in [6.45, 7) is 0. The Morgan fingerprint density at radius 2 is 1.06 bits per heavy atom. The van der Waals surface area contributed by atoms with Crippen LogP contribution in [0.25, 0.3) is 43.4 Å². The van der Waals surface area contributed by atoms with E-state index in [1.165, 1.54) is 21.5 Å². The quantitative estimate of drug-likeness (QED) is 0.300. The molecule has 0 amide bonds. The first-order chi connectivity index (χ1) is 15.7. The summed E-state index contributed by atoms with van der Waals surface area (Å²) in [7, 11) is 0. The van der Waals surface area contributed by atoms with Crippen LogP contribution in [-0.4, -0.2) is 5.11 Å². The fraction of sp³-hybridized carbons (Fsp3) is 0.0323. The Morgan fingerprint density at radius 3 is 1.84 bits per heavy atom. The standard InChI is InChI=1S/C31H20O/c32-31(25-15-13-20-7-1-2-9-22(20)17-25)28-16-14-21-8-5-6-12-26(21)30(28)27-18-23-10-3-4-11-24(23)19-29(27)31/h1-19,32H. The summed E-state index contributed by atoms with van der Waals surface area (Å²) in [5.41, 5.74) is 3.87. The van der Waals surface area contributed by atoms with E-state index in [1.807, 2.05) is 6.07 Å². The number of rotatable bonds is 1. The minimum absolute atomic E-state index is 0.904. The monoisotopic (exact) mass is 408 g/mol. The average molecular weight is 409 g/mol. The molecule has 1 aliphatic carbocycles. The van der Waals surface area contributed by atoms with Gasteiger partial charge in [-0.25, -0.2) is 0 Å². The van der Waals surface area contributed by atoms with Crippen LogP contribution in [0, 0.1) is 0 Å². The Kier molecular flexibility index (Phi) is 3.48. The molecule has 0 radical (unpaired) electrons. The highest BCUT2D eigenvalue weighted by atomic mass is 16.3. The van der Waals surface area contributed by atoms with E-state index in [0.717, 1.165) is 38.6 Å². The molecule has 0 saturated heterocycles. The van der Waals surface area contributed by atoms with Crippen LogP contribution in [0.4, 0.5) is 0 Å². The Balaban J connectivity index is 1.64. The Bertz CT molecular complexity index is 1690. The molecule has 0 heterocycles.